The summed E-state index contributed by atoms with van der Waals surface area (Å²) in [7, 11) is 2.11. The molecule has 0 aliphatic carbocycles. The van der Waals surface area contributed by atoms with Crippen LogP contribution in [0.3, 0.4) is 0 Å². The second kappa shape index (κ2) is 9.83. The maximum absolute atomic E-state index is 15.0. The van der Waals surface area contributed by atoms with E-state index < -0.39 is 11.6 Å². The first kappa shape index (κ1) is 24.5. The van der Waals surface area contributed by atoms with Crippen molar-refractivity contribution in [3.05, 3.63) is 59.6 Å². The zero-order chi connectivity index (χ0) is 26.4. The summed E-state index contributed by atoms with van der Waals surface area (Å²) >= 11 is 0. The largest absolute Gasteiger partial charge is 0.486 e. The number of likely N-dealkylation sites (N-methyl/N-ethyl adjacent to an activating group) is 1. The molecule has 4 heterocycles. The first-order chi connectivity index (χ1) is 18.4. The first-order valence-electron chi connectivity index (χ1n) is 12.9. The molecule has 0 amide bonds. The van der Waals surface area contributed by atoms with Crippen LogP contribution in [-0.4, -0.2) is 72.3 Å². The molecule has 0 unspecified atom stereocenters. The van der Waals surface area contributed by atoms with Crippen molar-refractivity contribution in [2.45, 2.75) is 26.3 Å². The van der Waals surface area contributed by atoms with Crippen LogP contribution in [0.25, 0.3) is 22.4 Å². The topological polar surface area (TPSA) is 70.8 Å². The minimum absolute atomic E-state index is 0.0610. The maximum Gasteiger partial charge on any atom is 0.298 e. The van der Waals surface area contributed by atoms with Gasteiger partial charge in [0.25, 0.3) is 6.01 Å². The summed E-state index contributed by atoms with van der Waals surface area (Å²) < 4.78 is 41.5. The van der Waals surface area contributed by atoms with Crippen molar-refractivity contribution in [1.82, 2.24) is 19.9 Å². The van der Waals surface area contributed by atoms with Gasteiger partial charge in [0.05, 0.1) is 18.4 Å². The molecular formula is C28H30F2N6O2. The lowest BCUT2D eigenvalue weighted by Crippen LogP contribution is -2.44. The highest BCUT2D eigenvalue weighted by atomic mass is 19.1. The van der Waals surface area contributed by atoms with E-state index in [0.29, 0.717) is 48.2 Å². The van der Waals surface area contributed by atoms with Gasteiger partial charge in [-0.3, -0.25) is 0 Å². The third-order valence-electron chi connectivity index (χ3n) is 7.18. The number of nitrogens with zero attached hydrogens (tertiary/aromatic N) is 6. The lowest BCUT2D eigenvalue weighted by atomic mass is 10.1. The Bertz CT molecular complexity index is 1480. The van der Waals surface area contributed by atoms with E-state index >= 15 is 0 Å². The number of rotatable bonds is 5. The molecule has 2 aliphatic rings. The number of hydrogen-bond acceptors (Lipinski definition) is 8. The SMILES string of the molecule is CC(C)N1CCOc2c(F)cc(-c3nc(Cc4ccc5oc(N6CCN(C)CC6)nc5c4)ncc3F)cc21. The molecule has 0 atom stereocenters. The molecule has 6 rings (SSSR count). The van der Waals surface area contributed by atoms with Crippen LogP contribution in [0.2, 0.25) is 0 Å². The smallest absolute Gasteiger partial charge is 0.298 e. The van der Waals surface area contributed by atoms with Crippen molar-refractivity contribution in [3.63, 3.8) is 0 Å². The number of fused-ring (bicyclic) bond motifs is 2. The van der Waals surface area contributed by atoms with Gasteiger partial charge in [0.1, 0.15) is 23.6 Å². The second-order valence-corrected chi connectivity index (χ2v) is 10.2. The molecule has 2 aromatic heterocycles. The normalized spacial score (nSPS) is 16.3. The van der Waals surface area contributed by atoms with Gasteiger partial charge in [-0.2, -0.15) is 4.98 Å². The van der Waals surface area contributed by atoms with E-state index in [1.54, 1.807) is 6.07 Å². The van der Waals surface area contributed by atoms with Crippen molar-refractivity contribution in [2.24, 2.45) is 0 Å². The van der Waals surface area contributed by atoms with E-state index in [1.807, 2.05) is 32.0 Å². The fourth-order valence-electron chi connectivity index (χ4n) is 5.05. The van der Waals surface area contributed by atoms with Gasteiger partial charge in [-0.1, -0.05) is 6.07 Å². The summed E-state index contributed by atoms with van der Waals surface area (Å²) in [6, 6.07) is 9.56. The molecule has 8 nitrogen and oxygen atoms in total. The van der Waals surface area contributed by atoms with E-state index in [9.17, 15) is 8.78 Å². The number of halogens is 2. The molecule has 0 spiro atoms. The monoisotopic (exact) mass is 520 g/mol. The Hall–Kier alpha value is -3.79. The zero-order valence-corrected chi connectivity index (χ0v) is 21.7. The van der Waals surface area contributed by atoms with Crippen LogP contribution in [0, 0.1) is 11.6 Å². The van der Waals surface area contributed by atoms with E-state index in [2.05, 4.69) is 31.7 Å². The highest BCUT2D eigenvalue weighted by Gasteiger charge is 2.26. The number of oxazole rings is 1. The summed E-state index contributed by atoms with van der Waals surface area (Å²) in [5.41, 5.74) is 3.40. The van der Waals surface area contributed by atoms with Crippen molar-refractivity contribution in [3.8, 4) is 17.0 Å². The second-order valence-electron chi connectivity index (χ2n) is 10.2. The van der Waals surface area contributed by atoms with Crippen LogP contribution in [0.1, 0.15) is 25.2 Å². The summed E-state index contributed by atoms with van der Waals surface area (Å²) in [4.78, 5) is 19.9. The third-order valence-corrected chi connectivity index (χ3v) is 7.18. The predicted octanol–water partition coefficient (Wildman–Crippen LogP) is 4.51. The molecule has 2 aliphatic heterocycles. The van der Waals surface area contributed by atoms with Crippen LogP contribution in [0.4, 0.5) is 20.5 Å². The number of anilines is 2. The lowest BCUT2D eigenvalue weighted by Gasteiger charge is -2.34. The Morgan fingerprint density at radius 1 is 0.974 bits per heavy atom. The standard InChI is InChI=1S/C28H30F2N6O2/c1-17(2)36-10-11-37-27-20(29)14-19(15-23(27)36)26-21(30)16-31-25(33-26)13-18-4-5-24-22(12-18)32-28(38-24)35-8-6-34(3)7-9-35/h4-5,12,14-17H,6-11,13H2,1-3H3. The van der Waals surface area contributed by atoms with Gasteiger partial charge in [-0.05, 0) is 50.7 Å². The molecule has 1 fully saturated rings. The molecule has 10 heteroatoms. The summed E-state index contributed by atoms with van der Waals surface area (Å²) in [5, 5.41) is 0. The molecule has 4 aromatic rings. The van der Waals surface area contributed by atoms with E-state index in [0.717, 1.165) is 43.5 Å². The molecule has 0 bridgehead atoms. The average molecular weight is 521 g/mol. The number of ether oxygens (including phenoxy) is 1. The van der Waals surface area contributed by atoms with Gasteiger partial charge in [0, 0.05) is 44.2 Å². The molecule has 1 saturated heterocycles. The van der Waals surface area contributed by atoms with Crippen molar-refractivity contribution < 1.29 is 17.9 Å². The van der Waals surface area contributed by atoms with E-state index in [-0.39, 0.29) is 17.5 Å². The summed E-state index contributed by atoms with van der Waals surface area (Å²) in [6.07, 6.45) is 1.51. The van der Waals surface area contributed by atoms with Gasteiger partial charge >= 0.3 is 0 Å². The van der Waals surface area contributed by atoms with Crippen molar-refractivity contribution in [2.75, 3.05) is 56.2 Å². The van der Waals surface area contributed by atoms with Gasteiger partial charge in [-0.25, -0.2) is 18.7 Å². The van der Waals surface area contributed by atoms with Crippen LogP contribution >= 0.6 is 0 Å². The molecule has 2 aromatic carbocycles. The van der Waals surface area contributed by atoms with Crippen LogP contribution in [0.15, 0.2) is 40.9 Å². The average Bonchev–Trinajstić information content (AvgIpc) is 3.33. The summed E-state index contributed by atoms with van der Waals surface area (Å²) in [6.45, 7) is 8.76. The fourth-order valence-corrected chi connectivity index (χ4v) is 5.05. The van der Waals surface area contributed by atoms with Gasteiger partial charge in [0.15, 0.2) is 23.0 Å². The number of benzene rings is 2. The van der Waals surface area contributed by atoms with Crippen LogP contribution < -0.4 is 14.5 Å². The Kier molecular flexibility index (Phi) is 6.35. The number of aromatic nitrogens is 3. The molecule has 0 N–H and O–H groups in total. The maximum atomic E-state index is 15.0. The minimum Gasteiger partial charge on any atom is -0.486 e. The Morgan fingerprint density at radius 3 is 2.58 bits per heavy atom. The molecular weight excluding hydrogens is 490 g/mol. The Balaban J connectivity index is 1.28. The van der Waals surface area contributed by atoms with Gasteiger partial charge in [-0.15, -0.1) is 0 Å². The highest BCUT2D eigenvalue weighted by Crippen LogP contribution is 2.39. The Morgan fingerprint density at radius 2 is 1.79 bits per heavy atom. The molecule has 198 valence electrons. The minimum atomic E-state index is -0.607. The fraction of sp³-hybridized carbons (Fsp3) is 0.393. The number of hydrogen-bond donors (Lipinski definition) is 0. The van der Waals surface area contributed by atoms with Gasteiger partial charge < -0.3 is 23.9 Å². The van der Waals surface area contributed by atoms with Crippen molar-refractivity contribution in [1.29, 1.82) is 0 Å². The predicted molar refractivity (Wildman–Crippen MR) is 142 cm³/mol. The Labute approximate surface area is 219 Å². The van der Waals surface area contributed by atoms with Crippen LogP contribution in [0.5, 0.6) is 5.75 Å². The molecule has 0 radical (unpaired) electrons. The highest BCUT2D eigenvalue weighted by molar-refractivity contribution is 5.76. The lowest BCUT2D eigenvalue weighted by molar-refractivity contribution is 0.287. The van der Waals surface area contributed by atoms with Crippen LogP contribution in [-0.2, 0) is 6.42 Å². The van der Waals surface area contributed by atoms with Gasteiger partial charge in [0.2, 0.25) is 0 Å². The quantitative estimate of drug-likeness (QED) is 0.381. The molecule has 0 saturated carbocycles. The number of piperazine rings is 1. The summed E-state index contributed by atoms with van der Waals surface area (Å²) in [5.74, 6) is -0.515. The molecule has 38 heavy (non-hydrogen) atoms. The first-order valence-corrected chi connectivity index (χ1v) is 12.9. The van der Waals surface area contributed by atoms with E-state index in [4.69, 9.17) is 14.1 Å². The van der Waals surface area contributed by atoms with E-state index in [1.165, 1.54) is 6.07 Å². The zero-order valence-electron chi connectivity index (χ0n) is 21.7. The van der Waals surface area contributed by atoms with Crippen molar-refractivity contribution >= 4 is 22.8 Å². The third kappa shape index (κ3) is 4.64.